The number of piperidine rings is 2. The first-order chi connectivity index (χ1) is 27.5. The molecule has 0 aromatic heterocycles. The molecular formula is C47H55FN4O6. The van der Waals surface area contributed by atoms with Gasteiger partial charge in [-0.2, -0.15) is 5.26 Å². The summed E-state index contributed by atoms with van der Waals surface area (Å²) in [6.07, 6.45) is 4.32. The van der Waals surface area contributed by atoms with Gasteiger partial charge >= 0.3 is 0 Å². The third kappa shape index (κ3) is 8.35. The Morgan fingerprint density at radius 3 is 2.17 bits per heavy atom. The van der Waals surface area contributed by atoms with Gasteiger partial charge in [-0.25, -0.2) is 4.39 Å². The molecule has 2 saturated heterocycles. The number of hydrogen-bond acceptors (Lipinski definition) is 8. The smallest absolute Gasteiger partial charge is 0.251 e. The molecule has 58 heavy (non-hydrogen) atoms. The van der Waals surface area contributed by atoms with Gasteiger partial charge in [-0.15, -0.1) is 0 Å². The molecule has 10 nitrogen and oxygen atoms in total. The largest absolute Gasteiger partial charge is 0.490 e. The number of allylic oxidation sites excluding steroid dienone is 1. The average molecular weight is 791 g/mol. The monoisotopic (exact) mass is 790 g/mol. The molecule has 306 valence electrons. The summed E-state index contributed by atoms with van der Waals surface area (Å²) < 4.78 is 33.9. The van der Waals surface area contributed by atoms with Gasteiger partial charge < -0.3 is 29.7 Å². The van der Waals surface area contributed by atoms with Gasteiger partial charge in [-0.3, -0.25) is 14.4 Å². The van der Waals surface area contributed by atoms with Gasteiger partial charge in [0, 0.05) is 78.2 Å². The zero-order valence-electron chi connectivity index (χ0n) is 34.5. The first kappa shape index (κ1) is 41.0. The molecule has 1 atom stereocenters. The van der Waals surface area contributed by atoms with E-state index in [1.54, 1.807) is 6.07 Å². The van der Waals surface area contributed by atoms with Crippen molar-refractivity contribution in [3.05, 3.63) is 101 Å². The Labute approximate surface area is 341 Å². The Morgan fingerprint density at radius 2 is 1.57 bits per heavy atom. The average Bonchev–Trinajstić information content (AvgIpc) is 3.16. The number of rotatable bonds is 12. The van der Waals surface area contributed by atoms with Crippen molar-refractivity contribution in [3.63, 3.8) is 0 Å². The number of amides is 2. The zero-order chi connectivity index (χ0) is 41.5. The third-order valence-electron chi connectivity index (χ3n) is 12.8. The fraction of sp³-hybridized carbons (Fsp3) is 0.489. The highest BCUT2D eigenvalue weighted by Crippen LogP contribution is 2.55. The Morgan fingerprint density at radius 1 is 0.914 bits per heavy atom. The quantitative estimate of drug-likeness (QED) is 0.176. The Hall–Kier alpha value is -5.21. The van der Waals surface area contributed by atoms with Crippen LogP contribution in [0.3, 0.4) is 0 Å². The molecule has 4 fully saturated rings. The van der Waals surface area contributed by atoms with E-state index in [-0.39, 0.29) is 65.1 Å². The summed E-state index contributed by atoms with van der Waals surface area (Å²) in [6.45, 7) is 17.8. The molecule has 2 heterocycles. The van der Waals surface area contributed by atoms with E-state index in [4.69, 9.17) is 14.2 Å². The summed E-state index contributed by atoms with van der Waals surface area (Å²) >= 11 is 0. The van der Waals surface area contributed by atoms with Crippen LogP contribution in [0.1, 0.15) is 110 Å². The molecule has 3 aromatic carbocycles. The van der Waals surface area contributed by atoms with E-state index in [2.05, 4.69) is 55.9 Å². The van der Waals surface area contributed by atoms with Crippen LogP contribution >= 0.6 is 0 Å². The zero-order valence-corrected chi connectivity index (χ0v) is 34.5. The van der Waals surface area contributed by atoms with Crippen LogP contribution in [0.2, 0.25) is 0 Å². The number of ether oxygens (including phenoxy) is 3. The molecule has 2 aliphatic carbocycles. The Balaban J connectivity index is 0.831. The second kappa shape index (κ2) is 16.2. The lowest BCUT2D eigenvalue weighted by Crippen LogP contribution is -2.74. The molecule has 11 heteroatoms. The number of anilines is 1. The number of hydrogen-bond donors (Lipinski definition) is 2. The molecule has 0 spiro atoms. The van der Waals surface area contributed by atoms with Crippen molar-refractivity contribution in [2.45, 2.75) is 117 Å². The summed E-state index contributed by atoms with van der Waals surface area (Å²) in [7, 11) is 0. The van der Waals surface area contributed by atoms with Crippen LogP contribution in [0.4, 0.5) is 10.1 Å². The number of carbonyl (C=O) groups excluding carboxylic acids is 3. The van der Waals surface area contributed by atoms with Crippen molar-refractivity contribution in [3.8, 4) is 17.6 Å². The van der Waals surface area contributed by atoms with E-state index >= 15 is 0 Å². The lowest BCUT2D eigenvalue weighted by atomic mass is 9.49. The SMILES string of the molecule is C=C1CC[C@H](CC(=O)c2ccc(OC3CC(OC4CCN(c5ccc(C(=O)NC6C(C)(C)C(Oc7cc(C)c(C#N)c(C)c7)C6(C)C)cc5)CC4)C3)cc2F)C(=O)N1. The molecule has 2 N–H and O–H groups in total. The summed E-state index contributed by atoms with van der Waals surface area (Å²) in [6, 6.07) is 18.1. The highest BCUT2D eigenvalue weighted by atomic mass is 19.1. The second-order valence-corrected chi connectivity index (χ2v) is 17.9. The van der Waals surface area contributed by atoms with Crippen LogP contribution < -0.4 is 25.0 Å². The Bertz CT molecular complexity index is 2090. The number of ketones is 1. The van der Waals surface area contributed by atoms with E-state index < -0.39 is 17.5 Å². The van der Waals surface area contributed by atoms with Gasteiger partial charge in [0.05, 0.1) is 29.4 Å². The molecule has 4 aliphatic rings. The predicted molar refractivity (Wildman–Crippen MR) is 219 cm³/mol. The van der Waals surface area contributed by atoms with Crippen molar-refractivity contribution >= 4 is 23.3 Å². The number of nitrogens with zero attached hydrogens (tertiary/aromatic N) is 2. The van der Waals surface area contributed by atoms with Crippen LogP contribution in [0.5, 0.6) is 11.5 Å². The van der Waals surface area contributed by atoms with E-state index in [9.17, 15) is 24.0 Å². The number of nitrogens with one attached hydrogen (secondary N) is 2. The highest BCUT2D eigenvalue weighted by Gasteiger charge is 2.64. The minimum absolute atomic E-state index is 0.0304. The molecule has 0 radical (unpaired) electrons. The van der Waals surface area contributed by atoms with Crippen LogP contribution in [-0.4, -0.2) is 61.1 Å². The van der Waals surface area contributed by atoms with E-state index in [1.807, 2.05) is 50.2 Å². The molecule has 7 rings (SSSR count). The molecule has 0 unspecified atom stereocenters. The van der Waals surface area contributed by atoms with Crippen molar-refractivity contribution < 1.29 is 33.0 Å². The number of aryl methyl sites for hydroxylation is 2. The van der Waals surface area contributed by atoms with E-state index in [0.717, 1.165) is 48.5 Å². The van der Waals surface area contributed by atoms with Gasteiger partial charge in [0.2, 0.25) is 5.91 Å². The van der Waals surface area contributed by atoms with Gasteiger partial charge in [0.15, 0.2) is 5.78 Å². The lowest BCUT2D eigenvalue weighted by molar-refractivity contribution is -0.164. The standard InChI is InChI=1S/C47H55FN4O6/c1-27-20-35(21-28(2)39(27)26-49)58-45-46(4,5)44(47(45,6)7)51-42(54)30-10-12-32(13-11-30)52-18-16-33(17-19-52)56-36-23-37(24-36)57-34-14-15-38(40(48)25-34)41(53)22-31-9-8-29(3)50-43(31)55/h10-15,20-21,25,31,33,36-37,44-45H,3,8-9,16-19,22-24H2,1-2,4-7H3,(H,50,55)(H,51,54)/t31-,36?,37?,44?,45?/m1/s1. The highest BCUT2D eigenvalue weighted by molar-refractivity contribution is 5.99. The number of carbonyl (C=O) groups is 3. The summed E-state index contributed by atoms with van der Waals surface area (Å²) in [4.78, 5) is 40.8. The van der Waals surface area contributed by atoms with E-state index in [1.165, 1.54) is 12.1 Å². The number of Topliss-reactive ketones (excluding diaryl/α,β-unsaturated/α-hetero) is 1. The maximum absolute atomic E-state index is 14.9. The van der Waals surface area contributed by atoms with Crippen LogP contribution in [0.25, 0.3) is 0 Å². The molecule has 3 aromatic rings. The number of nitriles is 1. The maximum Gasteiger partial charge on any atom is 0.251 e. The summed E-state index contributed by atoms with van der Waals surface area (Å²) in [5.74, 6) is -0.754. The van der Waals surface area contributed by atoms with Gasteiger partial charge in [0.25, 0.3) is 5.91 Å². The van der Waals surface area contributed by atoms with Crippen LogP contribution in [0.15, 0.2) is 66.9 Å². The summed E-state index contributed by atoms with van der Waals surface area (Å²) in [5, 5.41) is 15.4. The Kier molecular flexibility index (Phi) is 11.4. The lowest BCUT2D eigenvalue weighted by Gasteiger charge is -2.63. The second-order valence-electron chi connectivity index (χ2n) is 17.9. The molecule has 2 amide bonds. The fourth-order valence-corrected chi connectivity index (χ4v) is 9.72. The van der Waals surface area contributed by atoms with Gasteiger partial charge in [-0.05, 0) is 99.2 Å². The van der Waals surface area contributed by atoms with Crippen molar-refractivity contribution in [1.29, 1.82) is 5.26 Å². The van der Waals surface area contributed by atoms with Crippen molar-refractivity contribution in [2.24, 2.45) is 16.7 Å². The fourth-order valence-electron chi connectivity index (χ4n) is 9.72. The maximum atomic E-state index is 14.9. The first-order valence-electron chi connectivity index (χ1n) is 20.5. The first-order valence-corrected chi connectivity index (χ1v) is 20.5. The predicted octanol–water partition coefficient (Wildman–Crippen LogP) is 8.13. The molecule has 0 bridgehead atoms. The minimum Gasteiger partial charge on any atom is -0.490 e. The van der Waals surface area contributed by atoms with Crippen molar-refractivity contribution in [1.82, 2.24) is 10.6 Å². The van der Waals surface area contributed by atoms with Crippen LogP contribution in [-0.2, 0) is 9.53 Å². The molecular weight excluding hydrogens is 736 g/mol. The number of benzene rings is 3. The summed E-state index contributed by atoms with van der Waals surface area (Å²) in [5.41, 5.74) is 4.11. The normalized spacial score (nSPS) is 25.1. The van der Waals surface area contributed by atoms with Crippen LogP contribution in [0, 0.1) is 47.7 Å². The minimum atomic E-state index is -0.645. The van der Waals surface area contributed by atoms with Crippen molar-refractivity contribution in [2.75, 3.05) is 18.0 Å². The topological polar surface area (TPSA) is 130 Å². The van der Waals surface area contributed by atoms with Gasteiger partial charge in [-0.1, -0.05) is 34.3 Å². The van der Waals surface area contributed by atoms with Gasteiger partial charge in [0.1, 0.15) is 29.5 Å². The molecule has 2 aliphatic heterocycles. The number of halogens is 1. The molecule has 2 saturated carbocycles. The third-order valence-corrected chi connectivity index (χ3v) is 12.8. The van der Waals surface area contributed by atoms with E-state index in [0.29, 0.717) is 48.3 Å².